The van der Waals surface area contributed by atoms with Gasteiger partial charge in [0.15, 0.2) is 17.3 Å². The van der Waals surface area contributed by atoms with Crippen molar-refractivity contribution in [3.8, 4) is 11.5 Å². The number of ether oxygens (including phenoxy) is 2. The van der Waals surface area contributed by atoms with Crippen LogP contribution in [0.15, 0.2) is 66.3 Å². The number of hydrogen-bond acceptors (Lipinski definition) is 4. The molecule has 1 fully saturated rings. The van der Waals surface area contributed by atoms with E-state index in [1.165, 1.54) is 5.56 Å². The van der Waals surface area contributed by atoms with Crippen molar-refractivity contribution in [2.45, 2.75) is 26.2 Å². The Bertz CT molecular complexity index is 877. The van der Waals surface area contributed by atoms with E-state index in [9.17, 15) is 4.79 Å². The molecular formula is C25H31NO3. The molecule has 0 bridgehead atoms. The molecule has 0 atom stereocenters. The van der Waals surface area contributed by atoms with Crippen molar-refractivity contribution >= 4 is 11.9 Å². The number of rotatable bonds is 3. The van der Waals surface area contributed by atoms with E-state index in [0.717, 1.165) is 5.56 Å². The molecule has 0 amide bonds. The molecule has 0 aromatic heterocycles. The van der Waals surface area contributed by atoms with Crippen LogP contribution in [-0.4, -0.2) is 33.1 Å². The van der Waals surface area contributed by atoms with Crippen LogP contribution in [0.4, 0.5) is 0 Å². The maximum Gasteiger partial charge on any atom is 0.187 e. The van der Waals surface area contributed by atoms with Gasteiger partial charge in [-0.3, -0.25) is 4.79 Å². The zero-order valence-electron chi connectivity index (χ0n) is 18.0. The summed E-state index contributed by atoms with van der Waals surface area (Å²) in [5.41, 5.74) is 3.90. The van der Waals surface area contributed by atoms with E-state index in [-0.39, 0.29) is 5.78 Å². The second-order valence-electron chi connectivity index (χ2n) is 7.94. The molecule has 0 unspecified atom stereocenters. The second kappa shape index (κ2) is 10.1. The fraction of sp³-hybridized carbons (Fsp3) is 0.320. The van der Waals surface area contributed by atoms with Crippen molar-refractivity contribution in [2.24, 2.45) is 0 Å². The van der Waals surface area contributed by atoms with Crippen molar-refractivity contribution in [2.75, 3.05) is 27.3 Å². The van der Waals surface area contributed by atoms with Gasteiger partial charge in [-0.05, 0) is 34.8 Å². The number of Topliss-reactive ketones (excluding diaryl/α,β-unsaturated/α-hetero) is 1. The number of methoxy groups -OCH3 is 2. The fourth-order valence-corrected chi connectivity index (χ4v) is 2.93. The maximum atomic E-state index is 11.9. The van der Waals surface area contributed by atoms with Crippen LogP contribution in [0, 0.1) is 0 Å². The smallest absolute Gasteiger partial charge is 0.187 e. The summed E-state index contributed by atoms with van der Waals surface area (Å²) in [5, 5.41) is 3.14. The molecule has 3 rings (SSSR count). The lowest BCUT2D eigenvalue weighted by Crippen LogP contribution is -2.32. The van der Waals surface area contributed by atoms with Crippen molar-refractivity contribution in [1.82, 2.24) is 5.32 Å². The lowest BCUT2D eigenvalue weighted by atomic mass is 9.87. The second-order valence-corrected chi connectivity index (χ2v) is 7.94. The van der Waals surface area contributed by atoms with Crippen LogP contribution < -0.4 is 14.8 Å². The van der Waals surface area contributed by atoms with Gasteiger partial charge in [0.05, 0.1) is 14.2 Å². The first kappa shape index (κ1) is 22.4. The van der Waals surface area contributed by atoms with E-state index in [1.807, 2.05) is 24.3 Å². The Kier molecular flexibility index (Phi) is 7.80. The van der Waals surface area contributed by atoms with Crippen molar-refractivity contribution in [3.63, 3.8) is 0 Å². The molecule has 0 aliphatic carbocycles. The van der Waals surface area contributed by atoms with E-state index < -0.39 is 0 Å². The average Bonchev–Trinajstić information content (AvgIpc) is 2.72. The van der Waals surface area contributed by atoms with Gasteiger partial charge in [-0.25, -0.2) is 0 Å². The summed E-state index contributed by atoms with van der Waals surface area (Å²) in [4.78, 5) is 11.9. The summed E-state index contributed by atoms with van der Waals surface area (Å²) in [7, 11) is 3.18. The number of hydrogen-bond donors (Lipinski definition) is 1. The van der Waals surface area contributed by atoms with Crippen LogP contribution in [0.5, 0.6) is 11.5 Å². The van der Waals surface area contributed by atoms with E-state index in [0.29, 0.717) is 41.1 Å². The van der Waals surface area contributed by atoms with Gasteiger partial charge in [0.25, 0.3) is 0 Å². The topological polar surface area (TPSA) is 47.6 Å². The van der Waals surface area contributed by atoms with E-state index in [1.54, 1.807) is 14.2 Å². The highest BCUT2D eigenvalue weighted by Crippen LogP contribution is 2.28. The maximum absolute atomic E-state index is 11.9. The molecule has 1 aliphatic rings. The van der Waals surface area contributed by atoms with Gasteiger partial charge in [-0.1, -0.05) is 63.7 Å². The third-order valence-corrected chi connectivity index (χ3v) is 4.65. The quantitative estimate of drug-likeness (QED) is 0.761. The number of ketones is 1. The van der Waals surface area contributed by atoms with Crippen molar-refractivity contribution in [3.05, 3.63) is 77.4 Å². The van der Waals surface area contributed by atoms with Gasteiger partial charge < -0.3 is 14.8 Å². The summed E-state index contributed by atoms with van der Waals surface area (Å²) in [6, 6.07) is 16.1. The van der Waals surface area contributed by atoms with Gasteiger partial charge in [0.2, 0.25) is 0 Å². The highest BCUT2D eigenvalue weighted by Gasteiger charge is 2.18. The molecule has 4 heteroatoms. The summed E-state index contributed by atoms with van der Waals surface area (Å²) >= 11 is 0. The molecule has 1 heterocycles. The van der Waals surface area contributed by atoms with Crippen LogP contribution in [-0.2, 0) is 10.2 Å². The van der Waals surface area contributed by atoms with Gasteiger partial charge in [-0.2, -0.15) is 0 Å². The summed E-state index contributed by atoms with van der Waals surface area (Å²) < 4.78 is 10.4. The van der Waals surface area contributed by atoms with Gasteiger partial charge in [-0.15, -0.1) is 0 Å². The molecule has 0 spiro atoms. The molecular weight excluding hydrogens is 362 g/mol. The highest BCUT2D eigenvalue weighted by molar-refractivity contribution is 6.11. The van der Waals surface area contributed by atoms with Crippen LogP contribution in [0.25, 0.3) is 6.08 Å². The van der Waals surface area contributed by atoms with Crippen molar-refractivity contribution < 1.29 is 14.3 Å². The van der Waals surface area contributed by atoms with Crippen LogP contribution in [0.3, 0.4) is 0 Å². The Labute approximate surface area is 174 Å². The number of benzene rings is 2. The van der Waals surface area contributed by atoms with Crippen molar-refractivity contribution in [1.29, 1.82) is 0 Å². The average molecular weight is 394 g/mol. The minimum atomic E-state index is 0.0218. The Balaban J connectivity index is 0.000000253. The molecule has 0 saturated carbocycles. The standard InChI is InChI=1S/C15H17NO3.C10H14/c1-10-8-16-9-12(15(10)17)6-11-4-5-13(18-2)14(7-11)19-3;1-10(2,3)9-7-5-4-6-8-9/h4-7,16H,1,8-9H2,2-3H3;4-8H,1-3H3. The van der Waals surface area contributed by atoms with Gasteiger partial charge >= 0.3 is 0 Å². The monoisotopic (exact) mass is 393 g/mol. The molecule has 29 heavy (non-hydrogen) atoms. The Morgan fingerprint density at radius 3 is 2.17 bits per heavy atom. The molecule has 1 aliphatic heterocycles. The Hall–Kier alpha value is -2.85. The third kappa shape index (κ3) is 6.33. The summed E-state index contributed by atoms with van der Waals surface area (Å²) in [6.07, 6.45) is 1.85. The number of carbonyl (C=O) groups excluding carboxylic acids is 1. The SMILES string of the molecule is C=C1CNCC(=Cc2ccc(OC)c(OC)c2)C1=O.CC(C)(C)c1ccccc1. The number of piperidine rings is 1. The Morgan fingerprint density at radius 2 is 1.62 bits per heavy atom. The summed E-state index contributed by atoms with van der Waals surface area (Å²) in [5.74, 6) is 1.34. The molecule has 1 N–H and O–H groups in total. The Morgan fingerprint density at radius 1 is 0.966 bits per heavy atom. The molecule has 1 saturated heterocycles. The first-order chi connectivity index (χ1) is 13.8. The zero-order chi connectivity index (χ0) is 21.4. The first-order valence-corrected chi connectivity index (χ1v) is 9.67. The van der Waals surface area contributed by atoms with Gasteiger partial charge in [0.1, 0.15) is 0 Å². The lowest BCUT2D eigenvalue weighted by molar-refractivity contribution is -0.112. The predicted molar refractivity (Wildman–Crippen MR) is 120 cm³/mol. The number of nitrogens with one attached hydrogen (secondary N) is 1. The third-order valence-electron chi connectivity index (χ3n) is 4.65. The molecule has 4 nitrogen and oxygen atoms in total. The van der Waals surface area contributed by atoms with Crippen LogP contribution >= 0.6 is 0 Å². The molecule has 0 radical (unpaired) electrons. The lowest BCUT2D eigenvalue weighted by Gasteiger charge is -2.18. The first-order valence-electron chi connectivity index (χ1n) is 9.67. The predicted octanol–water partition coefficient (Wildman–Crippen LogP) is 4.80. The van der Waals surface area contributed by atoms with E-state index in [2.05, 4.69) is 63.0 Å². The summed E-state index contributed by atoms with van der Waals surface area (Å²) in [6.45, 7) is 11.5. The minimum absolute atomic E-state index is 0.0218. The zero-order valence-corrected chi connectivity index (χ0v) is 18.0. The largest absolute Gasteiger partial charge is 0.493 e. The van der Waals surface area contributed by atoms with Crippen LogP contribution in [0.1, 0.15) is 31.9 Å². The molecule has 154 valence electrons. The highest BCUT2D eigenvalue weighted by atomic mass is 16.5. The molecule has 2 aromatic rings. The van der Waals surface area contributed by atoms with E-state index in [4.69, 9.17) is 9.47 Å². The fourth-order valence-electron chi connectivity index (χ4n) is 2.93. The normalized spacial score (nSPS) is 15.6. The van der Waals surface area contributed by atoms with Crippen LogP contribution in [0.2, 0.25) is 0 Å². The minimum Gasteiger partial charge on any atom is -0.493 e. The molecule has 2 aromatic carbocycles. The number of carbonyl (C=O) groups is 1. The van der Waals surface area contributed by atoms with E-state index >= 15 is 0 Å². The van der Waals surface area contributed by atoms with Gasteiger partial charge in [0, 0.05) is 24.2 Å².